The number of nitrogens with one attached hydrogen (secondary N) is 1. The summed E-state index contributed by atoms with van der Waals surface area (Å²) in [6, 6.07) is 0. The van der Waals surface area contributed by atoms with E-state index >= 15 is 0 Å². The second-order valence-corrected chi connectivity index (χ2v) is 4.16. The van der Waals surface area contributed by atoms with Crippen LogP contribution >= 0.6 is 11.3 Å². The second kappa shape index (κ2) is 4.07. The summed E-state index contributed by atoms with van der Waals surface area (Å²) in [5.74, 6) is 0. The van der Waals surface area contributed by atoms with Crippen LogP contribution in [-0.4, -0.2) is 24.2 Å². The molecule has 0 unspecified atom stereocenters. The molecular formula is C9H14N2OS. The smallest absolute Gasteiger partial charge is 0.273 e. The minimum absolute atomic E-state index is 0.319. The Kier molecular flexibility index (Phi) is 2.80. The number of nitrogens with zero attached hydrogens (tertiary/aromatic N) is 1. The van der Waals surface area contributed by atoms with E-state index in [0.717, 1.165) is 30.4 Å². The van der Waals surface area contributed by atoms with Gasteiger partial charge in [0.05, 0.1) is 5.69 Å². The Morgan fingerprint density at radius 3 is 3.23 bits per heavy atom. The van der Waals surface area contributed by atoms with Crippen molar-refractivity contribution in [2.75, 3.05) is 13.1 Å². The van der Waals surface area contributed by atoms with Gasteiger partial charge in [-0.2, -0.15) is 0 Å². The molecular weight excluding hydrogens is 184 g/mol. The number of hydrogen-bond donors (Lipinski definition) is 1. The molecule has 3 nitrogen and oxygen atoms in total. The molecule has 1 N–H and O–H groups in total. The molecule has 0 spiro atoms. The van der Waals surface area contributed by atoms with Gasteiger partial charge in [-0.05, 0) is 26.3 Å². The van der Waals surface area contributed by atoms with Crippen LogP contribution in [0.1, 0.15) is 18.5 Å². The minimum Gasteiger partial charge on any atom is -0.465 e. The largest absolute Gasteiger partial charge is 0.465 e. The van der Waals surface area contributed by atoms with E-state index in [1.165, 1.54) is 6.42 Å². The van der Waals surface area contributed by atoms with E-state index in [1.54, 1.807) is 11.3 Å². The molecule has 0 amide bonds. The van der Waals surface area contributed by atoms with Gasteiger partial charge in [0.25, 0.3) is 5.19 Å². The maximum absolute atomic E-state index is 5.72. The molecule has 1 aliphatic rings. The maximum Gasteiger partial charge on any atom is 0.273 e. The summed E-state index contributed by atoms with van der Waals surface area (Å²) < 4.78 is 5.72. The Morgan fingerprint density at radius 2 is 2.62 bits per heavy atom. The van der Waals surface area contributed by atoms with Crippen LogP contribution in [0.5, 0.6) is 5.19 Å². The topological polar surface area (TPSA) is 34.1 Å². The predicted molar refractivity (Wildman–Crippen MR) is 53.4 cm³/mol. The van der Waals surface area contributed by atoms with Gasteiger partial charge in [0, 0.05) is 11.9 Å². The highest BCUT2D eigenvalue weighted by molar-refractivity contribution is 7.11. The summed E-state index contributed by atoms with van der Waals surface area (Å²) in [6.45, 7) is 4.07. The number of aryl methyl sites for hydroxylation is 1. The lowest BCUT2D eigenvalue weighted by molar-refractivity contribution is 0.166. The number of hydrogen-bond acceptors (Lipinski definition) is 4. The van der Waals surface area contributed by atoms with Gasteiger partial charge in [0.2, 0.25) is 0 Å². The molecule has 1 aromatic heterocycles. The first-order chi connectivity index (χ1) is 6.34. The molecule has 72 valence electrons. The Hall–Kier alpha value is -0.610. The van der Waals surface area contributed by atoms with Crippen molar-refractivity contribution in [3.8, 4) is 5.19 Å². The normalized spacial score (nSPS) is 23.0. The Labute approximate surface area is 82.1 Å². The van der Waals surface area contributed by atoms with Crippen molar-refractivity contribution in [3.63, 3.8) is 0 Å². The summed E-state index contributed by atoms with van der Waals surface area (Å²) in [6.07, 6.45) is 2.67. The summed E-state index contributed by atoms with van der Waals surface area (Å²) in [4.78, 5) is 4.27. The molecule has 0 aliphatic carbocycles. The molecule has 13 heavy (non-hydrogen) atoms. The first-order valence-electron chi connectivity index (χ1n) is 4.64. The fraction of sp³-hybridized carbons (Fsp3) is 0.667. The molecule has 0 radical (unpaired) electrons. The van der Waals surface area contributed by atoms with Gasteiger partial charge >= 0.3 is 0 Å². The lowest BCUT2D eigenvalue weighted by Gasteiger charge is -2.22. The van der Waals surface area contributed by atoms with Crippen LogP contribution in [-0.2, 0) is 0 Å². The van der Waals surface area contributed by atoms with Gasteiger partial charge < -0.3 is 10.1 Å². The third-order valence-electron chi connectivity index (χ3n) is 2.12. The number of thiazole rings is 1. The highest BCUT2D eigenvalue weighted by Crippen LogP contribution is 2.20. The highest BCUT2D eigenvalue weighted by Gasteiger charge is 2.15. The molecule has 1 saturated heterocycles. The van der Waals surface area contributed by atoms with E-state index in [2.05, 4.69) is 10.3 Å². The molecule has 1 aromatic rings. The number of piperidine rings is 1. The SMILES string of the molecule is Cc1csc(O[C@H]2CCCNC2)n1. The molecule has 1 atom stereocenters. The second-order valence-electron chi connectivity index (χ2n) is 3.34. The van der Waals surface area contributed by atoms with E-state index in [1.807, 2.05) is 12.3 Å². The van der Waals surface area contributed by atoms with Crippen LogP contribution in [0.25, 0.3) is 0 Å². The molecule has 1 aliphatic heterocycles. The van der Waals surface area contributed by atoms with E-state index in [4.69, 9.17) is 4.74 Å². The fourth-order valence-corrected chi connectivity index (χ4v) is 2.16. The van der Waals surface area contributed by atoms with E-state index in [-0.39, 0.29) is 0 Å². The fourth-order valence-electron chi connectivity index (χ4n) is 1.45. The number of aromatic nitrogens is 1. The standard InChI is InChI=1S/C9H14N2OS/c1-7-6-13-9(11-7)12-8-3-2-4-10-5-8/h6,8,10H,2-5H2,1H3/t8-/m0/s1. The van der Waals surface area contributed by atoms with Crippen molar-refractivity contribution in [2.24, 2.45) is 0 Å². The van der Waals surface area contributed by atoms with Crippen LogP contribution in [0.2, 0.25) is 0 Å². The lowest BCUT2D eigenvalue weighted by Crippen LogP contribution is -2.37. The average Bonchev–Trinajstić information content (AvgIpc) is 2.53. The van der Waals surface area contributed by atoms with Crippen LogP contribution in [0.15, 0.2) is 5.38 Å². The zero-order chi connectivity index (χ0) is 9.10. The van der Waals surface area contributed by atoms with Crippen molar-refractivity contribution < 1.29 is 4.74 Å². The molecule has 1 fully saturated rings. The average molecular weight is 198 g/mol. The van der Waals surface area contributed by atoms with Gasteiger partial charge in [0.15, 0.2) is 0 Å². The molecule has 0 bridgehead atoms. The first kappa shape index (κ1) is 8.97. The van der Waals surface area contributed by atoms with Gasteiger partial charge in [-0.1, -0.05) is 11.3 Å². The van der Waals surface area contributed by atoms with Crippen LogP contribution < -0.4 is 10.1 Å². The van der Waals surface area contributed by atoms with Crippen LogP contribution in [0.3, 0.4) is 0 Å². The zero-order valence-corrected chi connectivity index (χ0v) is 8.56. The Morgan fingerprint density at radius 1 is 1.69 bits per heavy atom. The molecule has 2 rings (SSSR count). The minimum atomic E-state index is 0.319. The van der Waals surface area contributed by atoms with Crippen molar-refractivity contribution in [3.05, 3.63) is 11.1 Å². The molecule has 2 heterocycles. The van der Waals surface area contributed by atoms with Crippen molar-refractivity contribution in [2.45, 2.75) is 25.9 Å². The van der Waals surface area contributed by atoms with Crippen molar-refractivity contribution in [1.82, 2.24) is 10.3 Å². The van der Waals surface area contributed by atoms with E-state index in [0.29, 0.717) is 6.10 Å². The molecule has 4 heteroatoms. The monoisotopic (exact) mass is 198 g/mol. The Bertz CT molecular complexity index is 268. The summed E-state index contributed by atoms with van der Waals surface area (Å²) >= 11 is 1.58. The summed E-state index contributed by atoms with van der Waals surface area (Å²) in [5, 5.41) is 6.14. The van der Waals surface area contributed by atoms with Crippen molar-refractivity contribution in [1.29, 1.82) is 0 Å². The lowest BCUT2D eigenvalue weighted by atomic mass is 10.1. The quantitative estimate of drug-likeness (QED) is 0.783. The maximum atomic E-state index is 5.72. The zero-order valence-electron chi connectivity index (χ0n) is 7.75. The summed E-state index contributed by atoms with van der Waals surface area (Å²) in [7, 11) is 0. The van der Waals surface area contributed by atoms with Gasteiger partial charge in [-0.3, -0.25) is 0 Å². The predicted octanol–water partition coefficient (Wildman–Crippen LogP) is 1.58. The third-order valence-corrected chi connectivity index (χ3v) is 2.97. The van der Waals surface area contributed by atoms with Gasteiger partial charge in [-0.15, -0.1) is 0 Å². The number of ether oxygens (including phenoxy) is 1. The van der Waals surface area contributed by atoms with Crippen LogP contribution in [0, 0.1) is 6.92 Å². The van der Waals surface area contributed by atoms with Crippen LogP contribution in [0.4, 0.5) is 0 Å². The van der Waals surface area contributed by atoms with Gasteiger partial charge in [0.1, 0.15) is 6.10 Å². The Balaban J connectivity index is 1.89. The number of rotatable bonds is 2. The molecule has 0 saturated carbocycles. The first-order valence-corrected chi connectivity index (χ1v) is 5.52. The van der Waals surface area contributed by atoms with Crippen molar-refractivity contribution >= 4 is 11.3 Å². The summed E-state index contributed by atoms with van der Waals surface area (Å²) in [5.41, 5.74) is 1.05. The van der Waals surface area contributed by atoms with E-state index < -0.39 is 0 Å². The van der Waals surface area contributed by atoms with E-state index in [9.17, 15) is 0 Å². The highest BCUT2D eigenvalue weighted by atomic mass is 32.1. The van der Waals surface area contributed by atoms with Gasteiger partial charge in [-0.25, -0.2) is 4.98 Å². The third kappa shape index (κ3) is 2.42. The molecule has 0 aromatic carbocycles.